The van der Waals surface area contributed by atoms with Crippen LogP contribution >= 0.6 is 23.1 Å². The van der Waals surface area contributed by atoms with Crippen molar-refractivity contribution in [3.63, 3.8) is 0 Å². The Labute approximate surface area is 113 Å². The van der Waals surface area contributed by atoms with E-state index in [4.69, 9.17) is 5.73 Å². The first-order chi connectivity index (χ1) is 8.65. The topological polar surface area (TPSA) is 113 Å². The minimum absolute atomic E-state index is 0.111. The van der Waals surface area contributed by atoms with E-state index in [9.17, 15) is 9.90 Å². The summed E-state index contributed by atoms with van der Waals surface area (Å²) in [6, 6.07) is -0.168. The number of aliphatic hydroxyl groups excluding tert-OH is 1. The Morgan fingerprint density at radius 1 is 1.67 bits per heavy atom. The zero-order valence-electron chi connectivity index (χ0n) is 9.63. The van der Waals surface area contributed by atoms with Crippen LogP contribution in [0, 0.1) is 0 Å². The first-order valence-corrected chi connectivity index (χ1v) is 7.35. The van der Waals surface area contributed by atoms with Crippen molar-refractivity contribution in [3.05, 3.63) is 0 Å². The molecule has 1 aromatic heterocycles. The molecule has 0 aromatic carbocycles. The van der Waals surface area contributed by atoms with Crippen molar-refractivity contribution in [1.29, 1.82) is 0 Å². The van der Waals surface area contributed by atoms with Crippen LogP contribution in [-0.2, 0) is 4.79 Å². The van der Waals surface area contributed by atoms with Crippen LogP contribution in [0.3, 0.4) is 0 Å². The number of nitrogens with zero attached hydrogens (tertiary/aromatic N) is 2. The molecule has 0 aliphatic carbocycles. The van der Waals surface area contributed by atoms with Crippen LogP contribution < -0.4 is 16.4 Å². The van der Waals surface area contributed by atoms with Gasteiger partial charge in [-0.2, -0.15) is 0 Å². The van der Waals surface area contributed by atoms with Gasteiger partial charge in [-0.05, 0) is 13.0 Å². The monoisotopic (exact) mass is 289 g/mol. The van der Waals surface area contributed by atoms with E-state index in [1.54, 1.807) is 0 Å². The number of hydrogen-bond donors (Lipinski definition) is 4. The summed E-state index contributed by atoms with van der Waals surface area (Å²) in [6.45, 7) is 1.33. The Morgan fingerprint density at radius 2 is 2.50 bits per heavy atom. The molecular weight excluding hydrogens is 274 g/mol. The summed E-state index contributed by atoms with van der Waals surface area (Å²) in [4.78, 5) is 11.7. The molecule has 1 aliphatic heterocycles. The lowest BCUT2D eigenvalue weighted by Crippen LogP contribution is -2.53. The fourth-order valence-corrected chi connectivity index (χ4v) is 3.11. The summed E-state index contributed by atoms with van der Waals surface area (Å²) in [5, 5.41) is 23.4. The summed E-state index contributed by atoms with van der Waals surface area (Å²) in [5.41, 5.74) is 5.44. The third kappa shape index (κ3) is 3.80. The van der Waals surface area contributed by atoms with E-state index in [2.05, 4.69) is 20.8 Å². The number of amides is 1. The van der Waals surface area contributed by atoms with E-state index in [0.29, 0.717) is 16.0 Å². The van der Waals surface area contributed by atoms with Gasteiger partial charge in [0.2, 0.25) is 11.0 Å². The van der Waals surface area contributed by atoms with Gasteiger partial charge in [-0.3, -0.25) is 4.79 Å². The maximum absolute atomic E-state index is 11.7. The minimum atomic E-state index is -0.523. The van der Waals surface area contributed by atoms with Crippen LogP contribution in [0.5, 0.6) is 0 Å². The van der Waals surface area contributed by atoms with Crippen molar-refractivity contribution >= 4 is 34.1 Å². The Hall–Kier alpha value is -0.900. The summed E-state index contributed by atoms with van der Waals surface area (Å²) < 4.78 is 0.675. The highest BCUT2D eigenvalue weighted by Crippen LogP contribution is 2.23. The minimum Gasteiger partial charge on any atom is -0.390 e. The molecule has 2 heterocycles. The Balaban J connectivity index is 1.74. The van der Waals surface area contributed by atoms with Gasteiger partial charge in [0.15, 0.2) is 4.34 Å². The molecule has 2 atom stereocenters. The van der Waals surface area contributed by atoms with E-state index in [1.165, 1.54) is 23.1 Å². The average molecular weight is 289 g/mol. The number of thioether (sulfide) groups is 1. The predicted molar refractivity (Wildman–Crippen MR) is 70.5 cm³/mol. The molecule has 100 valence electrons. The largest absolute Gasteiger partial charge is 0.390 e. The maximum Gasteiger partial charge on any atom is 0.230 e. The van der Waals surface area contributed by atoms with Crippen LogP contribution in [0.4, 0.5) is 5.13 Å². The molecule has 5 N–H and O–H groups in total. The van der Waals surface area contributed by atoms with E-state index in [0.717, 1.165) is 13.0 Å². The number of aromatic nitrogens is 2. The van der Waals surface area contributed by atoms with E-state index in [-0.39, 0.29) is 17.7 Å². The zero-order chi connectivity index (χ0) is 13.0. The van der Waals surface area contributed by atoms with Crippen LogP contribution in [0.1, 0.15) is 6.42 Å². The standard InChI is InChI=1S/C9H15N5O2S2/c10-8-13-14-9(18-8)17-4-7(16)12-5-1-2-11-3-6(5)15/h5-6,11,15H,1-4H2,(H2,10,13)(H,12,16)/t5-,6-/m1/s1. The fraction of sp³-hybridized carbons (Fsp3) is 0.667. The molecule has 18 heavy (non-hydrogen) atoms. The van der Waals surface area contributed by atoms with Crippen molar-refractivity contribution in [2.45, 2.75) is 22.9 Å². The number of hydrogen-bond acceptors (Lipinski definition) is 8. The highest BCUT2D eigenvalue weighted by Gasteiger charge is 2.24. The first kappa shape index (κ1) is 13.5. The van der Waals surface area contributed by atoms with Gasteiger partial charge in [-0.15, -0.1) is 10.2 Å². The number of nitrogen functional groups attached to an aromatic ring is 1. The molecule has 1 aromatic rings. The lowest BCUT2D eigenvalue weighted by Gasteiger charge is -2.28. The van der Waals surface area contributed by atoms with Crippen molar-refractivity contribution in [2.75, 3.05) is 24.6 Å². The molecule has 1 fully saturated rings. The molecule has 9 heteroatoms. The molecule has 0 bridgehead atoms. The molecule has 0 unspecified atom stereocenters. The molecule has 2 rings (SSSR count). The molecular formula is C9H15N5O2S2. The van der Waals surface area contributed by atoms with Gasteiger partial charge in [0.1, 0.15) is 0 Å². The molecule has 0 radical (unpaired) electrons. The lowest BCUT2D eigenvalue weighted by atomic mass is 10.0. The lowest BCUT2D eigenvalue weighted by molar-refractivity contribution is -0.120. The highest BCUT2D eigenvalue weighted by molar-refractivity contribution is 8.01. The van der Waals surface area contributed by atoms with Crippen molar-refractivity contribution in [2.24, 2.45) is 0 Å². The van der Waals surface area contributed by atoms with E-state index < -0.39 is 6.10 Å². The van der Waals surface area contributed by atoms with Gasteiger partial charge in [0.05, 0.1) is 17.9 Å². The Bertz CT molecular complexity index is 413. The number of rotatable bonds is 4. The maximum atomic E-state index is 11.7. The smallest absolute Gasteiger partial charge is 0.230 e. The molecule has 0 saturated carbocycles. The predicted octanol–water partition coefficient (Wildman–Crippen LogP) is -0.949. The molecule has 7 nitrogen and oxygen atoms in total. The second-order valence-corrected chi connectivity index (χ2v) is 6.16. The SMILES string of the molecule is Nc1nnc(SCC(=O)N[C@@H]2CCNC[C@H]2O)s1. The van der Waals surface area contributed by atoms with Crippen LogP contribution in [0.15, 0.2) is 4.34 Å². The second kappa shape index (κ2) is 6.32. The molecule has 1 aliphatic rings. The normalized spacial score (nSPS) is 23.8. The number of nitrogens with one attached hydrogen (secondary N) is 2. The van der Waals surface area contributed by atoms with Gasteiger partial charge in [0, 0.05) is 6.54 Å². The van der Waals surface area contributed by atoms with Gasteiger partial charge in [-0.1, -0.05) is 23.1 Å². The number of nitrogens with two attached hydrogens (primary N) is 1. The van der Waals surface area contributed by atoms with Crippen molar-refractivity contribution in [3.8, 4) is 0 Å². The Morgan fingerprint density at radius 3 is 3.17 bits per heavy atom. The number of anilines is 1. The summed E-state index contributed by atoms with van der Waals surface area (Å²) in [7, 11) is 0. The van der Waals surface area contributed by atoms with Gasteiger partial charge in [-0.25, -0.2) is 0 Å². The van der Waals surface area contributed by atoms with Crippen LogP contribution in [0.25, 0.3) is 0 Å². The third-order valence-corrected chi connectivity index (χ3v) is 4.43. The number of β-amino-alcohol motifs (C(OH)–C–C–N with tert-alkyl or cyclic N) is 1. The average Bonchev–Trinajstić information content (AvgIpc) is 2.76. The van der Waals surface area contributed by atoms with Gasteiger partial charge in [0.25, 0.3) is 0 Å². The van der Waals surface area contributed by atoms with Gasteiger partial charge >= 0.3 is 0 Å². The molecule has 1 amide bonds. The number of piperidine rings is 1. The fourth-order valence-electron chi connectivity index (χ4n) is 1.66. The van der Waals surface area contributed by atoms with E-state index >= 15 is 0 Å². The van der Waals surface area contributed by atoms with Crippen LogP contribution in [0.2, 0.25) is 0 Å². The number of carbonyl (C=O) groups is 1. The van der Waals surface area contributed by atoms with Crippen molar-refractivity contribution in [1.82, 2.24) is 20.8 Å². The third-order valence-electron chi connectivity index (χ3n) is 2.55. The Kier molecular flexibility index (Phi) is 4.75. The zero-order valence-corrected chi connectivity index (χ0v) is 11.3. The number of aliphatic hydroxyl groups is 1. The highest BCUT2D eigenvalue weighted by atomic mass is 32.2. The van der Waals surface area contributed by atoms with Crippen molar-refractivity contribution < 1.29 is 9.90 Å². The quantitative estimate of drug-likeness (QED) is 0.529. The molecule has 0 spiro atoms. The van der Waals surface area contributed by atoms with E-state index in [1.807, 2.05) is 0 Å². The number of carbonyl (C=O) groups excluding carboxylic acids is 1. The summed E-state index contributed by atoms with van der Waals surface area (Å²) >= 11 is 2.55. The van der Waals surface area contributed by atoms with Crippen LogP contribution in [-0.4, -0.2) is 52.2 Å². The van der Waals surface area contributed by atoms with Gasteiger partial charge < -0.3 is 21.5 Å². The summed E-state index contributed by atoms with van der Waals surface area (Å²) in [5.74, 6) is 0.144. The second-order valence-electron chi connectivity index (χ2n) is 3.93. The summed E-state index contributed by atoms with van der Waals surface area (Å²) in [6.07, 6.45) is 0.216. The molecule has 1 saturated heterocycles. The first-order valence-electron chi connectivity index (χ1n) is 5.55.